The molecule has 0 aromatic heterocycles. The molecule has 1 spiro atoms. The number of methoxy groups -OCH3 is 1. The molecule has 2 aliphatic rings. The van der Waals surface area contributed by atoms with Crippen molar-refractivity contribution in [1.82, 2.24) is 0 Å². The lowest BCUT2D eigenvalue weighted by Gasteiger charge is -2.36. The number of carbonyl (C=O) groups is 1. The molecule has 3 aromatic carbocycles. The van der Waals surface area contributed by atoms with Crippen LogP contribution in [0.2, 0.25) is 0 Å². The number of anilines is 2. The van der Waals surface area contributed by atoms with E-state index in [9.17, 15) is 22.0 Å². The number of nitrogens with one attached hydrogen (secondary N) is 2. The molecule has 9 heteroatoms. The Balaban J connectivity index is 1.58. The lowest BCUT2D eigenvalue weighted by molar-refractivity contribution is -0.123. The zero-order valence-electron chi connectivity index (χ0n) is 18.3. The maximum Gasteiger partial charge on any atom is 0.264 e. The van der Waals surface area contributed by atoms with Gasteiger partial charge in [0.15, 0.2) is 0 Å². The molecule has 176 valence electrons. The van der Waals surface area contributed by atoms with Crippen LogP contribution in [-0.4, -0.2) is 21.4 Å². The minimum absolute atomic E-state index is 0.135. The predicted octanol–water partition coefficient (Wildman–Crippen LogP) is 4.74. The molecule has 0 saturated heterocycles. The number of halogens is 2. The first-order chi connectivity index (χ1) is 16.2. The predicted molar refractivity (Wildman–Crippen MR) is 124 cm³/mol. The molecule has 1 fully saturated rings. The SMILES string of the molecule is COc1ccc(S(=O)(=O)Nc2cc(Cc3ccccc3F)c3c(c2)C2(CCC2)C(=O)N3)c(F)c1. The Morgan fingerprint density at radius 2 is 1.79 bits per heavy atom. The summed E-state index contributed by atoms with van der Waals surface area (Å²) in [5.41, 5.74) is 1.73. The van der Waals surface area contributed by atoms with Gasteiger partial charge in [-0.05, 0) is 59.9 Å². The fraction of sp³-hybridized carbons (Fsp3) is 0.240. The first-order valence-corrected chi connectivity index (χ1v) is 12.3. The Bertz CT molecular complexity index is 1420. The standard InChI is InChI=1S/C25H22F2N2O4S/c1-33-18-7-8-22(21(27)14-18)34(31,32)29-17-12-16(11-15-5-2-3-6-20(15)26)23-19(13-17)25(9-4-10-25)24(30)28-23/h2-3,5-8,12-14,29H,4,9-11H2,1H3,(H,28,30). The lowest BCUT2D eigenvalue weighted by atomic mass is 9.65. The first kappa shape index (κ1) is 22.3. The van der Waals surface area contributed by atoms with E-state index in [1.54, 1.807) is 30.3 Å². The Hall–Kier alpha value is -3.46. The van der Waals surface area contributed by atoms with Gasteiger partial charge in [0.2, 0.25) is 5.91 Å². The molecule has 1 aliphatic carbocycles. The second-order valence-corrected chi connectivity index (χ2v) is 10.3. The Labute approximate surface area is 196 Å². The highest BCUT2D eigenvalue weighted by Gasteiger charge is 2.51. The van der Waals surface area contributed by atoms with Gasteiger partial charge in [-0.1, -0.05) is 24.6 Å². The number of rotatable bonds is 6. The highest BCUT2D eigenvalue weighted by atomic mass is 32.2. The van der Waals surface area contributed by atoms with Gasteiger partial charge in [0, 0.05) is 23.9 Å². The fourth-order valence-corrected chi connectivity index (χ4v) is 5.79. The Morgan fingerprint density at radius 3 is 2.44 bits per heavy atom. The van der Waals surface area contributed by atoms with Crippen LogP contribution < -0.4 is 14.8 Å². The third-order valence-corrected chi connectivity index (χ3v) is 8.05. The summed E-state index contributed by atoms with van der Waals surface area (Å²) < 4.78 is 62.3. The number of sulfonamides is 1. The van der Waals surface area contributed by atoms with Gasteiger partial charge in [-0.3, -0.25) is 9.52 Å². The summed E-state index contributed by atoms with van der Waals surface area (Å²) in [4.78, 5) is 12.3. The van der Waals surface area contributed by atoms with E-state index in [4.69, 9.17) is 4.74 Å². The summed E-state index contributed by atoms with van der Waals surface area (Å²) in [6, 6.07) is 12.9. The van der Waals surface area contributed by atoms with E-state index >= 15 is 0 Å². The van der Waals surface area contributed by atoms with Crippen molar-refractivity contribution in [2.75, 3.05) is 17.1 Å². The Kier molecular flexibility index (Phi) is 5.31. The normalized spacial score (nSPS) is 16.0. The number of fused-ring (bicyclic) bond motifs is 2. The van der Waals surface area contributed by atoms with Crippen LogP contribution in [0.25, 0.3) is 0 Å². The first-order valence-electron chi connectivity index (χ1n) is 10.8. The van der Waals surface area contributed by atoms with Crippen molar-refractivity contribution in [2.24, 2.45) is 0 Å². The minimum Gasteiger partial charge on any atom is -0.497 e. The van der Waals surface area contributed by atoms with E-state index in [1.165, 1.54) is 19.2 Å². The van der Waals surface area contributed by atoms with Gasteiger partial charge in [-0.25, -0.2) is 17.2 Å². The fourth-order valence-electron chi connectivity index (χ4n) is 4.69. The average molecular weight is 485 g/mol. The summed E-state index contributed by atoms with van der Waals surface area (Å²) in [7, 11) is -2.93. The van der Waals surface area contributed by atoms with Crippen LogP contribution in [0.3, 0.4) is 0 Å². The van der Waals surface area contributed by atoms with Gasteiger partial charge in [-0.2, -0.15) is 0 Å². The van der Waals surface area contributed by atoms with Crippen molar-refractivity contribution >= 4 is 27.3 Å². The van der Waals surface area contributed by atoms with Crippen LogP contribution in [0.5, 0.6) is 5.75 Å². The quantitative estimate of drug-likeness (QED) is 0.530. The molecule has 2 N–H and O–H groups in total. The molecule has 0 radical (unpaired) electrons. The zero-order valence-corrected chi connectivity index (χ0v) is 19.1. The van der Waals surface area contributed by atoms with Crippen LogP contribution in [0.1, 0.15) is 36.0 Å². The molecule has 1 heterocycles. The van der Waals surface area contributed by atoms with E-state index in [-0.39, 0.29) is 23.8 Å². The molecule has 1 aliphatic heterocycles. The second kappa shape index (κ2) is 8.09. The van der Waals surface area contributed by atoms with Gasteiger partial charge in [0.1, 0.15) is 22.3 Å². The van der Waals surface area contributed by atoms with E-state index in [0.717, 1.165) is 18.6 Å². The van der Waals surface area contributed by atoms with E-state index in [0.29, 0.717) is 35.2 Å². The van der Waals surface area contributed by atoms with Crippen LogP contribution in [-0.2, 0) is 26.7 Å². The molecular formula is C25H22F2N2O4S. The number of benzene rings is 3. The second-order valence-electron chi connectivity index (χ2n) is 8.62. The highest BCUT2D eigenvalue weighted by Crippen LogP contribution is 2.53. The van der Waals surface area contributed by atoms with Gasteiger partial charge in [0.25, 0.3) is 10.0 Å². The van der Waals surface area contributed by atoms with Crippen molar-refractivity contribution in [2.45, 2.75) is 36.0 Å². The molecule has 6 nitrogen and oxygen atoms in total. The molecule has 0 unspecified atom stereocenters. The molecule has 34 heavy (non-hydrogen) atoms. The number of amides is 1. The Morgan fingerprint density at radius 1 is 1.03 bits per heavy atom. The highest BCUT2D eigenvalue weighted by molar-refractivity contribution is 7.92. The van der Waals surface area contributed by atoms with Crippen molar-refractivity contribution in [1.29, 1.82) is 0 Å². The van der Waals surface area contributed by atoms with Gasteiger partial charge < -0.3 is 10.1 Å². The average Bonchev–Trinajstić information content (AvgIpc) is 3.07. The van der Waals surface area contributed by atoms with Gasteiger partial charge in [-0.15, -0.1) is 0 Å². The summed E-state index contributed by atoms with van der Waals surface area (Å²) >= 11 is 0. The number of ether oxygens (including phenoxy) is 1. The summed E-state index contributed by atoms with van der Waals surface area (Å²) in [6.45, 7) is 0. The van der Waals surface area contributed by atoms with Gasteiger partial charge in [0.05, 0.1) is 12.5 Å². The molecular weight excluding hydrogens is 462 g/mol. The monoisotopic (exact) mass is 484 g/mol. The molecule has 0 atom stereocenters. The third kappa shape index (κ3) is 3.60. The maximum atomic E-state index is 14.5. The lowest BCUT2D eigenvalue weighted by Crippen LogP contribution is -2.40. The molecule has 3 aromatic rings. The van der Waals surface area contributed by atoms with Crippen molar-refractivity contribution in [3.63, 3.8) is 0 Å². The minimum atomic E-state index is -4.28. The van der Waals surface area contributed by atoms with Crippen molar-refractivity contribution < 1.29 is 26.7 Å². The van der Waals surface area contributed by atoms with E-state index in [1.807, 2.05) is 0 Å². The zero-order chi connectivity index (χ0) is 24.1. The topological polar surface area (TPSA) is 84.5 Å². The summed E-state index contributed by atoms with van der Waals surface area (Å²) in [5, 5.41) is 2.93. The van der Waals surface area contributed by atoms with E-state index in [2.05, 4.69) is 10.0 Å². The molecule has 1 saturated carbocycles. The number of hydrogen-bond acceptors (Lipinski definition) is 4. The van der Waals surface area contributed by atoms with Crippen LogP contribution >= 0.6 is 0 Å². The smallest absolute Gasteiger partial charge is 0.264 e. The van der Waals surface area contributed by atoms with Crippen LogP contribution in [0.15, 0.2) is 59.5 Å². The van der Waals surface area contributed by atoms with E-state index < -0.39 is 32.0 Å². The van der Waals surface area contributed by atoms with Crippen molar-refractivity contribution in [3.8, 4) is 5.75 Å². The molecule has 5 rings (SSSR count). The van der Waals surface area contributed by atoms with Gasteiger partial charge >= 0.3 is 0 Å². The van der Waals surface area contributed by atoms with Crippen molar-refractivity contribution in [3.05, 3.63) is 82.9 Å². The number of hydrogen-bond donors (Lipinski definition) is 2. The summed E-state index contributed by atoms with van der Waals surface area (Å²) in [5.74, 6) is -1.29. The number of carbonyl (C=O) groups excluding carboxylic acids is 1. The van der Waals surface area contributed by atoms with Crippen LogP contribution in [0, 0.1) is 11.6 Å². The molecule has 1 amide bonds. The largest absolute Gasteiger partial charge is 0.497 e. The maximum absolute atomic E-state index is 14.5. The third-order valence-electron chi connectivity index (χ3n) is 6.64. The van der Waals surface area contributed by atoms with Crippen LogP contribution in [0.4, 0.5) is 20.2 Å². The molecule has 0 bridgehead atoms. The summed E-state index contributed by atoms with van der Waals surface area (Å²) in [6.07, 6.45) is 2.32.